The zero-order valence-electron chi connectivity index (χ0n) is 15.1. The largest absolute Gasteiger partial charge is 0.497 e. The maximum absolute atomic E-state index is 12.7. The van der Waals surface area contributed by atoms with E-state index in [0.717, 1.165) is 5.56 Å². The molecule has 7 nitrogen and oxygen atoms in total. The average molecular weight is 397 g/mol. The highest BCUT2D eigenvalue weighted by molar-refractivity contribution is 7.92. The lowest BCUT2D eigenvalue weighted by molar-refractivity contribution is 0.0947. The molecule has 0 saturated carbocycles. The van der Waals surface area contributed by atoms with Crippen molar-refractivity contribution < 1.29 is 17.9 Å². The van der Waals surface area contributed by atoms with Crippen molar-refractivity contribution in [2.75, 3.05) is 11.8 Å². The molecule has 0 spiro atoms. The maximum Gasteiger partial charge on any atom is 0.262 e. The SMILES string of the molecule is COc1cccc(CNC(=O)c2ccccc2S(=O)(=O)Nc2cccnc2)c1. The average Bonchev–Trinajstić information content (AvgIpc) is 2.72. The summed E-state index contributed by atoms with van der Waals surface area (Å²) in [6, 6.07) is 16.5. The molecule has 3 rings (SSSR count). The number of carbonyl (C=O) groups is 1. The van der Waals surface area contributed by atoms with Crippen molar-refractivity contribution >= 4 is 21.6 Å². The van der Waals surface area contributed by atoms with Crippen LogP contribution in [-0.2, 0) is 16.6 Å². The lowest BCUT2D eigenvalue weighted by Gasteiger charge is -2.12. The topological polar surface area (TPSA) is 97.4 Å². The summed E-state index contributed by atoms with van der Waals surface area (Å²) in [5.41, 5.74) is 1.21. The molecule has 3 aromatic rings. The molecule has 0 aliphatic heterocycles. The first-order valence-corrected chi connectivity index (χ1v) is 9.91. The Labute approximate surface area is 163 Å². The molecular formula is C20H19N3O4S. The quantitative estimate of drug-likeness (QED) is 0.639. The van der Waals surface area contributed by atoms with Crippen molar-refractivity contribution in [2.45, 2.75) is 11.4 Å². The van der Waals surface area contributed by atoms with Gasteiger partial charge in [0, 0.05) is 12.7 Å². The lowest BCUT2D eigenvalue weighted by Crippen LogP contribution is -2.26. The number of ether oxygens (including phenoxy) is 1. The normalized spacial score (nSPS) is 10.9. The van der Waals surface area contributed by atoms with Gasteiger partial charge in [0.2, 0.25) is 0 Å². The maximum atomic E-state index is 12.7. The van der Waals surface area contributed by atoms with Crippen LogP contribution in [0.15, 0.2) is 78.0 Å². The minimum Gasteiger partial charge on any atom is -0.497 e. The fraction of sp³-hybridized carbons (Fsp3) is 0.100. The standard InChI is InChI=1S/C20H19N3O4S/c1-27-17-8-4-6-15(12-17)13-22-20(24)18-9-2-3-10-19(18)28(25,26)23-16-7-5-11-21-14-16/h2-12,14,23H,13H2,1H3,(H,22,24). The van der Waals surface area contributed by atoms with Crippen LogP contribution in [0.3, 0.4) is 0 Å². The van der Waals surface area contributed by atoms with E-state index >= 15 is 0 Å². The lowest BCUT2D eigenvalue weighted by atomic mass is 10.2. The van der Waals surface area contributed by atoms with E-state index in [9.17, 15) is 13.2 Å². The molecule has 0 saturated heterocycles. The van der Waals surface area contributed by atoms with E-state index in [1.807, 2.05) is 12.1 Å². The van der Waals surface area contributed by atoms with Crippen LogP contribution in [0.1, 0.15) is 15.9 Å². The molecule has 0 radical (unpaired) electrons. The predicted octanol–water partition coefficient (Wildman–Crippen LogP) is 2.82. The zero-order valence-corrected chi connectivity index (χ0v) is 15.9. The highest BCUT2D eigenvalue weighted by atomic mass is 32.2. The number of pyridine rings is 1. The molecule has 1 heterocycles. The second kappa shape index (κ2) is 8.53. The summed E-state index contributed by atoms with van der Waals surface area (Å²) < 4.78 is 33.1. The van der Waals surface area contributed by atoms with Gasteiger partial charge in [0.05, 0.1) is 24.6 Å². The van der Waals surface area contributed by atoms with Gasteiger partial charge in [-0.05, 0) is 42.0 Å². The Bertz CT molecular complexity index is 1070. The summed E-state index contributed by atoms with van der Waals surface area (Å²) in [7, 11) is -2.39. The van der Waals surface area contributed by atoms with Crippen LogP contribution < -0.4 is 14.8 Å². The molecule has 0 atom stereocenters. The van der Waals surface area contributed by atoms with Gasteiger partial charge in [-0.1, -0.05) is 24.3 Å². The molecule has 0 aliphatic carbocycles. The number of hydrogen-bond donors (Lipinski definition) is 2. The van der Waals surface area contributed by atoms with Gasteiger partial charge >= 0.3 is 0 Å². The fourth-order valence-electron chi connectivity index (χ4n) is 2.58. The van der Waals surface area contributed by atoms with Crippen molar-refractivity contribution in [3.8, 4) is 5.75 Å². The molecule has 8 heteroatoms. The van der Waals surface area contributed by atoms with Crippen LogP contribution in [0.2, 0.25) is 0 Å². The number of aromatic nitrogens is 1. The van der Waals surface area contributed by atoms with Crippen molar-refractivity contribution in [1.82, 2.24) is 10.3 Å². The number of nitrogens with one attached hydrogen (secondary N) is 2. The number of benzene rings is 2. The van der Waals surface area contributed by atoms with Crippen LogP contribution in [-0.4, -0.2) is 26.4 Å². The van der Waals surface area contributed by atoms with Crippen molar-refractivity contribution in [3.05, 3.63) is 84.2 Å². The second-order valence-corrected chi connectivity index (χ2v) is 7.53. The van der Waals surface area contributed by atoms with Gasteiger partial charge in [0.15, 0.2) is 0 Å². The second-order valence-electron chi connectivity index (χ2n) is 5.88. The smallest absolute Gasteiger partial charge is 0.262 e. The van der Waals surface area contributed by atoms with Gasteiger partial charge in [0.25, 0.3) is 15.9 Å². The van der Waals surface area contributed by atoms with E-state index in [1.54, 1.807) is 43.5 Å². The fourth-order valence-corrected chi connectivity index (χ4v) is 3.83. The van der Waals surface area contributed by atoms with Gasteiger partial charge in [0.1, 0.15) is 10.6 Å². The molecule has 0 unspecified atom stereocenters. The molecule has 1 amide bonds. The Morgan fingerprint density at radius 1 is 1.07 bits per heavy atom. The molecule has 144 valence electrons. The number of methoxy groups -OCH3 is 1. The van der Waals surface area contributed by atoms with E-state index in [0.29, 0.717) is 11.4 Å². The van der Waals surface area contributed by atoms with Crippen LogP contribution in [0.5, 0.6) is 5.75 Å². The molecule has 0 bridgehead atoms. The first-order valence-electron chi connectivity index (χ1n) is 8.42. The number of carbonyl (C=O) groups excluding carboxylic acids is 1. The molecular weight excluding hydrogens is 378 g/mol. The van der Waals surface area contributed by atoms with Gasteiger partial charge in [-0.15, -0.1) is 0 Å². The first kappa shape index (κ1) is 19.4. The van der Waals surface area contributed by atoms with Crippen LogP contribution in [0, 0.1) is 0 Å². The van der Waals surface area contributed by atoms with E-state index in [4.69, 9.17) is 4.74 Å². The Morgan fingerprint density at radius 3 is 2.64 bits per heavy atom. The Balaban J connectivity index is 1.80. The summed E-state index contributed by atoms with van der Waals surface area (Å²) >= 11 is 0. The minimum atomic E-state index is -3.95. The predicted molar refractivity (Wildman–Crippen MR) is 106 cm³/mol. The highest BCUT2D eigenvalue weighted by Crippen LogP contribution is 2.19. The third-order valence-electron chi connectivity index (χ3n) is 3.92. The third-order valence-corrected chi connectivity index (χ3v) is 5.36. The summed E-state index contributed by atoms with van der Waals surface area (Å²) in [4.78, 5) is 16.4. The van der Waals surface area contributed by atoms with Crippen LogP contribution >= 0.6 is 0 Å². The number of anilines is 1. The van der Waals surface area contributed by atoms with Gasteiger partial charge in [-0.25, -0.2) is 8.42 Å². The molecule has 28 heavy (non-hydrogen) atoms. The van der Waals surface area contributed by atoms with E-state index < -0.39 is 15.9 Å². The monoisotopic (exact) mass is 397 g/mol. The number of sulfonamides is 1. The van der Waals surface area contributed by atoms with Crippen LogP contribution in [0.4, 0.5) is 5.69 Å². The van der Waals surface area contributed by atoms with Crippen molar-refractivity contribution in [2.24, 2.45) is 0 Å². The first-order chi connectivity index (χ1) is 13.5. The third kappa shape index (κ3) is 4.66. The highest BCUT2D eigenvalue weighted by Gasteiger charge is 2.22. The van der Waals surface area contributed by atoms with E-state index in [1.165, 1.54) is 24.5 Å². The molecule has 0 fully saturated rings. The van der Waals surface area contributed by atoms with Crippen LogP contribution in [0.25, 0.3) is 0 Å². The number of nitrogens with zero attached hydrogens (tertiary/aromatic N) is 1. The Kier molecular flexibility index (Phi) is 5.90. The summed E-state index contributed by atoms with van der Waals surface area (Å²) in [6.45, 7) is 0.237. The van der Waals surface area contributed by atoms with E-state index in [-0.39, 0.29) is 17.0 Å². The summed E-state index contributed by atoms with van der Waals surface area (Å²) in [6.07, 6.45) is 2.93. The number of amides is 1. The molecule has 2 aromatic carbocycles. The van der Waals surface area contributed by atoms with Crippen molar-refractivity contribution in [3.63, 3.8) is 0 Å². The molecule has 1 aromatic heterocycles. The van der Waals surface area contributed by atoms with Gasteiger partial charge < -0.3 is 10.1 Å². The van der Waals surface area contributed by atoms with E-state index in [2.05, 4.69) is 15.0 Å². The number of rotatable bonds is 7. The summed E-state index contributed by atoms with van der Waals surface area (Å²) in [5, 5.41) is 2.74. The number of hydrogen-bond acceptors (Lipinski definition) is 5. The molecule has 0 aliphatic rings. The van der Waals surface area contributed by atoms with Gasteiger partial charge in [-0.3, -0.25) is 14.5 Å². The van der Waals surface area contributed by atoms with Crippen molar-refractivity contribution in [1.29, 1.82) is 0 Å². The zero-order chi connectivity index (χ0) is 20.0. The Hall–Kier alpha value is -3.39. The van der Waals surface area contributed by atoms with Gasteiger partial charge in [-0.2, -0.15) is 0 Å². The molecule has 2 N–H and O–H groups in total. The summed E-state index contributed by atoms with van der Waals surface area (Å²) in [5.74, 6) is 0.186. The Morgan fingerprint density at radius 2 is 1.89 bits per heavy atom. The minimum absolute atomic E-state index is 0.0572.